The number of nitrogens with zero attached hydrogens (tertiary/aromatic N) is 1. The van der Waals surface area contributed by atoms with E-state index in [1.807, 2.05) is 0 Å². The maximum atomic E-state index is 12.9. The second kappa shape index (κ2) is 10.1. The third-order valence-electron chi connectivity index (χ3n) is 4.44. The molecular weight excluding hydrogens is 429 g/mol. The van der Waals surface area contributed by atoms with Crippen LogP contribution >= 0.6 is 0 Å². The number of halogens is 3. The van der Waals surface area contributed by atoms with Crippen LogP contribution in [0, 0.1) is 0 Å². The number of benzene rings is 2. The molecule has 0 radical (unpaired) electrons. The van der Waals surface area contributed by atoms with Crippen molar-refractivity contribution in [2.75, 3.05) is 31.7 Å². The third kappa shape index (κ3) is 5.94. The number of carbonyl (C=O) groups excluding carboxylic acids is 3. The van der Waals surface area contributed by atoms with Crippen LogP contribution in [0.1, 0.15) is 15.9 Å². The van der Waals surface area contributed by atoms with Crippen LogP contribution in [0.3, 0.4) is 0 Å². The molecule has 3 rings (SSSR count). The Morgan fingerprint density at radius 3 is 2.38 bits per heavy atom. The van der Waals surface area contributed by atoms with E-state index in [2.05, 4.69) is 5.32 Å². The fourth-order valence-electron chi connectivity index (χ4n) is 2.88. The molecule has 7 nitrogen and oxygen atoms in total. The van der Waals surface area contributed by atoms with Crippen molar-refractivity contribution in [2.45, 2.75) is 6.18 Å². The number of para-hydroxylation sites is 1. The van der Waals surface area contributed by atoms with Gasteiger partial charge < -0.3 is 14.8 Å². The molecule has 0 aliphatic carbocycles. The van der Waals surface area contributed by atoms with Gasteiger partial charge in [-0.05, 0) is 30.3 Å². The van der Waals surface area contributed by atoms with Crippen molar-refractivity contribution in [2.24, 2.45) is 0 Å². The molecule has 0 fully saturated rings. The van der Waals surface area contributed by atoms with Gasteiger partial charge in [-0.3, -0.25) is 14.5 Å². The molecule has 10 heteroatoms. The maximum absolute atomic E-state index is 12.9. The van der Waals surface area contributed by atoms with Crippen molar-refractivity contribution in [1.29, 1.82) is 0 Å². The van der Waals surface area contributed by atoms with Crippen molar-refractivity contribution in [3.63, 3.8) is 0 Å². The zero-order valence-electron chi connectivity index (χ0n) is 16.7. The number of amides is 2. The zero-order valence-corrected chi connectivity index (χ0v) is 16.7. The second-order valence-electron chi connectivity index (χ2n) is 6.66. The molecule has 1 heterocycles. The zero-order chi connectivity index (χ0) is 23.1. The van der Waals surface area contributed by atoms with Crippen LogP contribution in [-0.4, -0.2) is 49.0 Å². The number of nitrogens with one attached hydrogen (secondary N) is 1. The summed E-state index contributed by atoms with van der Waals surface area (Å²) in [4.78, 5) is 36.3. The molecule has 0 unspecified atom stereocenters. The topological polar surface area (TPSA) is 84.9 Å². The molecule has 0 saturated carbocycles. The highest BCUT2D eigenvalue weighted by Gasteiger charge is 2.30. The van der Waals surface area contributed by atoms with Crippen LogP contribution in [0.2, 0.25) is 0 Å². The Morgan fingerprint density at radius 1 is 0.938 bits per heavy atom. The molecule has 0 aromatic heterocycles. The number of esters is 1. The summed E-state index contributed by atoms with van der Waals surface area (Å²) in [5.41, 5.74) is -0.211. The Kier molecular flexibility index (Phi) is 7.26. The SMILES string of the molecule is O=C(OCCOCCN1C(=O)C=CC1=O)c1ccccc1Nc1cccc(C(F)(F)F)c1. The molecular formula is C22H19F3N2O5. The van der Waals surface area contributed by atoms with Crippen LogP contribution in [0.5, 0.6) is 0 Å². The van der Waals surface area contributed by atoms with Gasteiger partial charge in [0, 0.05) is 17.8 Å². The van der Waals surface area contributed by atoms with Gasteiger partial charge in [-0.15, -0.1) is 0 Å². The summed E-state index contributed by atoms with van der Waals surface area (Å²) < 4.78 is 49.2. The number of hydrogen-bond acceptors (Lipinski definition) is 6. The van der Waals surface area contributed by atoms with Gasteiger partial charge >= 0.3 is 12.1 Å². The largest absolute Gasteiger partial charge is 0.460 e. The first kappa shape index (κ1) is 23.0. The van der Waals surface area contributed by atoms with Gasteiger partial charge in [0.1, 0.15) is 6.61 Å². The van der Waals surface area contributed by atoms with Gasteiger partial charge in [0.2, 0.25) is 0 Å². The summed E-state index contributed by atoms with van der Waals surface area (Å²) in [6, 6.07) is 10.9. The standard InChI is InChI=1S/C22H19F3N2O5/c23-22(24,25)15-4-3-5-16(14-15)26-18-7-2-1-6-17(18)21(30)32-13-12-31-11-10-27-19(28)8-9-20(27)29/h1-9,14,26H,10-13H2. The van der Waals surface area contributed by atoms with Crippen molar-refractivity contribution in [1.82, 2.24) is 4.90 Å². The van der Waals surface area contributed by atoms with E-state index in [0.717, 1.165) is 17.0 Å². The highest BCUT2D eigenvalue weighted by Crippen LogP contribution is 2.32. The van der Waals surface area contributed by atoms with Crippen molar-refractivity contribution >= 4 is 29.2 Å². The van der Waals surface area contributed by atoms with E-state index in [1.165, 1.54) is 30.4 Å². The summed E-state index contributed by atoms with van der Waals surface area (Å²) in [6.45, 7) is 0.127. The highest BCUT2D eigenvalue weighted by atomic mass is 19.4. The van der Waals surface area contributed by atoms with Crippen LogP contribution in [0.25, 0.3) is 0 Å². The van der Waals surface area contributed by atoms with Gasteiger partial charge in [-0.25, -0.2) is 4.79 Å². The number of rotatable bonds is 9. The van der Waals surface area contributed by atoms with Gasteiger partial charge in [0.15, 0.2) is 0 Å². The van der Waals surface area contributed by atoms with Crippen molar-refractivity contribution in [3.8, 4) is 0 Å². The van der Waals surface area contributed by atoms with Crippen LogP contribution in [0.4, 0.5) is 24.5 Å². The first-order valence-electron chi connectivity index (χ1n) is 9.57. The Morgan fingerprint density at radius 2 is 1.66 bits per heavy atom. The molecule has 2 aromatic carbocycles. The number of ether oxygens (including phenoxy) is 2. The second-order valence-corrected chi connectivity index (χ2v) is 6.66. The van der Waals surface area contributed by atoms with Crippen LogP contribution in [0.15, 0.2) is 60.7 Å². The molecule has 0 saturated heterocycles. The summed E-state index contributed by atoms with van der Waals surface area (Å²) in [5.74, 6) is -1.50. The van der Waals surface area contributed by atoms with E-state index in [1.54, 1.807) is 18.2 Å². The number of anilines is 2. The Balaban J connectivity index is 1.50. The van der Waals surface area contributed by atoms with Crippen LogP contribution in [-0.2, 0) is 25.2 Å². The number of hydrogen-bond donors (Lipinski definition) is 1. The van der Waals surface area contributed by atoms with Crippen molar-refractivity contribution < 1.29 is 37.0 Å². The predicted molar refractivity (Wildman–Crippen MR) is 108 cm³/mol. The van der Waals surface area contributed by atoms with Gasteiger partial charge in [0.25, 0.3) is 11.8 Å². The van der Waals surface area contributed by atoms with Crippen molar-refractivity contribution in [3.05, 3.63) is 71.8 Å². The molecule has 168 valence electrons. The quantitative estimate of drug-likeness (QED) is 0.359. The molecule has 0 bridgehead atoms. The first-order valence-corrected chi connectivity index (χ1v) is 9.57. The minimum Gasteiger partial charge on any atom is -0.460 e. The maximum Gasteiger partial charge on any atom is 0.416 e. The summed E-state index contributed by atoms with van der Waals surface area (Å²) in [5, 5.41) is 2.81. The number of imide groups is 1. The number of carbonyl (C=O) groups is 3. The monoisotopic (exact) mass is 448 g/mol. The van der Waals surface area contributed by atoms with E-state index in [9.17, 15) is 27.6 Å². The molecule has 1 N–H and O–H groups in total. The van der Waals surface area contributed by atoms with Gasteiger partial charge in [-0.2, -0.15) is 13.2 Å². The number of alkyl halides is 3. The van der Waals surface area contributed by atoms with Gasteiger partial charge in [0.05, 0.1) is 36.6 Å². The van der Waals surface area contributed by atoms with E-state index >= 15 is 0 Å². The average Bonchev–Trinajstić information content (AvgIpc) is 3.08. The lowest BCUT2D eigenvalue weighted by Gasteiger charge is -2.14. The molecule has 0 spiro atoms. The Hall–Kier alpha value is -3.66. The van der Waals surface area contributed by atoms with E-state index < -0.39 is 29.5 Å². The van der Waals surface area contributed by atoms with E-state index in [0.29, 0.717) is 0 Å². The fourth-order valence-corrected chi connectivity index (χ4v) is 2.88. The highest BCUT2D eigenvalue weighted by molar-refractivity contribution is 6.12. The molecule has 2 amide bonds. The third-order valence-corrected chi connectivity index (χ3v) is 4.44. The van der Waals surface area contributed by atoms with Crippen LogP contribution < -0.4 is 5.32 Å². The smallest absolute Gasteiger partial charge is 0.416 e. The lowest BCUT2D eigenvalue weighted by molar-refractivity contribution is -0.138. The first-order chi connectivity index (χ1) is 15.3. The average molecular weight is 448 g/mol. The van der Waals surface area contributed by atoms with E-state index in [4.69, 9.17) is 9.47 Å². The minimum absolute atomic E-state index is 0.0403. The summed E-state index contributed by atoms with van der Waals surface area (Å²) in [6.07, 6.45) is -2.13. The normalized spacial score (nSPS) is 13.5. The summed E-state index contributed by atoms with van der Waals surface area (Å²) >= 11 is 0. The molecule has 1 aliphatic heterocycles. The summed E-state index contributed by atoms with van der Waals surface area (Å²) in [7, 11) is 0. The fraction of sp³-hybridized carbons (Fsp3) is 0.227. The molecule has 0 atom stereocenters. The molecule has 2 aromatic rings. The van der Waals surface area contributed by atoms with E-state index in [-0.39, 0.29) is 43.3 Å². The lowest BCUT2D eigenvalue weighted by atomic mass is 10.1. The lowest BCUT2D eigenvalue weighted by Crippen LogP contribution is -2.33. The van der Waals surface area contributed by atoms with Gasteiger partial charge in [-0.1, -0.05) is 18.2 Å². The molecule has 1 aliphatic rings. The Labute approximate surface area is 181 Å². The molecule has 32 heavy (non-hydrogen) atoms. The Bertz CT molecular complexity index is 1020. The minimum atomic E-state index is -4.48. The predicted octanol–water partition coefficient (Wildman–Crippen LogP) is 3.55.